The van der Waals surface area contributed by atoms with E-state index in [1.54, 1.807) is 0 Å². The van der Waals surface area contributed by atoms with Crippen LogP contribution in [-0.4, -0.2) is 42.4 Å². The number of rotatable bonds is 25. The Morgan fingerprint density at radius 1 is 0.744 bits per heavy atom. The van der Waals surface area contributed by atoms with Gasteiger partial charge in [-0.3, -0.25) is 9.28 Å². The van der Waals surface area contributed by atoms with Crippen LogP contribution in [0.25, 0.3) is 0 Å². The number of benzene rings is 1. The van der Waals surface area contributed by atoms with E-state index in [0.717, 1.165) is 50.0 Å². The number of aliphatic imine (C=N–C) groups is 1. The lowest BCUT2D eigenvalue weighted by Gasteiger charge is -2.35. The largest absolute Gasteiger partial charge is 0.350 e. The number of quaternary nitrogens is 1. The van der Waals surface area contributed by atoms with Crippen molar-refractivity contribution in [2.45, 2.75) is 149 Å². The van der Waals surface area contributed by atoms with E-state index < -0.39 is 0 Å². The number of amides is 1. The third kappa shape index (κ3) is 15.0. The SMILES string of the molecule is CCCCCCCCCCCC(=O)NCC[N+]1(Cc2ccccc2)CCN=C1CCCCCCCCCCC. The molecule has 0 spiro atoms. The molecule has 2 rings (SSSR count). The van der Waals surface area contributed by atoms with Gasteiger partial charge in [0.15, 0.2) is 5.84 Å². The Hall–Kier alpha value is -1.68. The van der Waals surface area contributed by atoms with Gasteiger partial charge in [0, 0.05) is 18.4 Å². The topological polar surface area (TPSA) is 41.5 Å². The maximum absolute atomic E-state index is 12.6. The van der Waals surface area contributed by atoms with Crippen molar-refractivity contribution in [2.24, 2.45) is 4.99 Å². The second-order valence-corrected chi connectivity index (χ2v) is 12.0. The van der Waals surface area contributed by atoms with Crippen LogP contribution in [-0.2, 0) is 11.3 Å². The van der Waals surface area contributed by atoms with Gasteiger partial charge in [-0.15, -0.1) is 0 Å². The monoisotopic (exact) mass is 540 g/mol. The summed E-state index contributed by atoms with van der Waals surface area (Å²) < 4.78 is 0.930. The standard InChI is InChI=1S/C35H61N3O/c1-3-5-7-9-11-13-15-17-22-26-34-36-28-30-38(34,32-33-24-20-19-21-25-33)31-29-37-35(39)27-23-18-16-14-12-10-8-6-4-2/h19-21,24-25H,3-18,22-23,26-32H2,1-2H3/p+1. The fourth-order valence-electron chi connectivity index (χ4n) is 6.08. The Bertz CT molecular complexity index is 762. The van der Waals surface area contributed by atoms with E-state index in [9.17, 15) is 4.79 Å². The van der Waals surface area contributed by atoms with Crippen molar-refractivity contribution in [1.29, 1.82) is 0 Å². The van der Waals surface area contributed by atoms with Crippen molar-refractivity contribution in [3.05, 3.63) is 35.9 Å². The lowest BCUT2D eigenvalue weighted by atomic mass is 10.1. The van der Waals surface area contributed by atoms with Crippen LogP contribution in [0.1, 0.15) is 148 Å². The number of hydrogen-bond acceptors (Lipinski definition) is 2. The number of carbonyl (C=O) groups excluding carboxylic acids is 1. The highest BCUT2D eigenvalue weighted by Gasteiger charge is 2.37. The van der Waals surface area contributed by atoms with E-state index in [1.165, 1.54) is 121 Å². The number of carbonyl (C=O) groups is 1. The average molecular weight is 541 g/mol. The average Bonchev–Trinajstić information content (AvgIpc) is 3.33. The molecule has 0 aliphatic carbocycles. The zero-order chi connectivity index (χ0) is 27.9. The summed E-state index contributed by atoms with van der Waals surface area (Å²) in [6.07, 6.45) is 25.6. The van der Waals surface area contributed by atoms with E-state index in [2.05, 4.69) is 49.5 Å². The van der Waals surface area contributed by atoms with Crippen molar-refractivity contribution in [3.63, 3.8) is 0 Å². The molecule has 4 nitrogen and oxygen atoms in total. The van der Waals surface area contributed by atoms with Gasteiger partial charge >= 0.3 is 0 Å². The minimum atomic E-state index is 0.229. The number of unbranched alkanes of at least 4 members (excludes halogenated alkanes) is 16. The van der Waals surface area contributed by atoms with Gasteiger partial charge in [0.1, 0.15) is 19.6 Å². The maximum Gasteiger partial charge on any atom is 0.220 e. The molecule has 0 saturated heterocycles. The summed E-state index contributed by atoms with van der Waals surface area (Å²) in [5, 5.41) is 3.26. The van der Waals surface area contributed by atoms with Gasteiger partial charge in [-0.1, -0.05) is 147 Å². The lowest BCUT2D eigenvalue weighted by molar-refractivity contribution is -0.849. The molecule has 1 atom stereocenters. The summed E-state index contributed by atoms with van der Waals surface area (Å²) >= 11 is 0. The molecule has 39 heavy (non-hydrogen) atoms. The van der Waals surface area contributed by atoms with Crippen LogP contribution >= 0.6 is 0 Å². The van der Waals surface area contributed by atoms with E-state index in [1.807, 2.05) is 0 Å². The molecule has 1 aromatic rings. The first-order chi connectivity index (χ1) is 19.2. The Balaban J connectivity index is 1.71. The van der Waals surface area contributed by atoms with Gasteiger partial charge in [-0.2, -0.15) is 0 Å². The lowest BCUT2D eigenvalue weighted by Crippen LogP contribution is -2.53. The molecular formula is C35H62N3O+. The van der Waals surface area contributed by atoms with E-state index in [-0.39, 0.29) is 5.91 Å². The third-order valence-corrected chi connectivity index (χ3v) is 8.57. The van der Waals surface area contributed by atoms with Crippen LogP contribution in [0.5, 0.6) is 0 Å². The Morgan fingerprint density at radius 3 is 1.87 bits per heavy atom. The van der Waals surface area contributed by atoms with Crippen LogP contribution in [0.15, 0.2) is 35.3 Å². The quantitative estimate of drug-likeness (QED) is 0.0974. The molecule has 0 fully saturated rings. The molecule has 1 unspecified atom stereocenters. The number of amidine groups is 1. The summed E-state index contributed by atoms with van der Waals surface area (Å²) in [6.45, 7) is 9.24. The molecule has 1 aromatic carbocycles. The van der Waals surface area contributed by atoms with Gasteiger partial charge in [-0.25, -0.2) is 4.99 Å². The van der Waals surface area contributed by atoms with Crippen molar-refractivity contribution < 1.29 is 9.28 Å². The minimum Gasteiger partial charge on any atom is -0.350 e. The number of nitrogens with zero attached hydrogens (tertiary/aromatic N) is 2. The maximum atomic E-state index is 12.6. The third-order valence-electron chi connectivity index (χ3n) is 8.57. The summed E-state index contributed by atoms with van der Waals surface area (Å²) in [6, 6.07) is 10.9. The molecular weight excluding hydrogens is 478 g/mol. The highest BCUT2D eigenvalue weighted by Crippen LogP contribution is 2.24. The summed E-state index contributed by atoms with van der Waals surface area (Å²) in [7, 11) is 0. The first-order valence-electron chi connectivity index (χ1n) is 16.9. The second-order valence-electron chi connectivity index (χ2n) is 12.0. The van der Waals surface area contributed by atoms with E-state index >= 15 is 0 Å². The van der Waals surface area contributed by atoms with Gasteiger partial charge in [0.25, 0.3) is 0 Å². The van der Waals surface area contributed by atoms with E-state index in [0.29, 0.717) is 6.42 Å². The second kappa shape index (κ2) is 22.1. The molecule has 1 N–H and O–H groups in total. The Morgan fingerprint density at radius 2 is 1.28 bits per heavy atom. The van der Waals surface area contributed by atoms with Crippen LogP contribution in [0.2, 0.25) is 0 Å². The zero-order valence-corrected chi connectivity index (χ0v) is 25.9. The molecule has 1 aliphatic heterocycles. The Kier molecular flexibility index (Phi) is 19.0. The van der Waals surface area contributed by atoms with Crippen molar-refractivity contribution in [3.8, 4) is 0 Å². The number of hydrogen-bond donors (Lipinski definition) is 1. The van der Waals surface area contributed by atoms with Gasteiger partial charge < -0.3 is 5.32 Å². The molecule has 222 valence electrons. The van der Waals surface area contributed by atoms with Crippen LogP contribution < -0.4 is 5.32 Å². The number of nitrogens with one attached hydrogen (secondary N) is 1. The van der Waals surface area contributed by atoms with Gasteiger partial charge in [-0.05, 0) is 12.8 Å². The van der Waals surface area contributed by atoms with Crippen LogP contribution in [0, 0.1) is 0 Å². The first-order valence-corrected chi connectivity index (χ1v) is 16.9. The van der Waals surface area contributed by atoms with Crippen molar-refractivity contribution in [1.82, 2.24) is 5.32 Å². The molecule has 0 radical (unpaired) electrons. The first kappa shape index (κ1) is 33.5. The molecule has 0 bridgehead atoms. The highest BCUT2D eigenvalue weighted by molar-refractivity contribution is 5.77. The fraction of sp³-hybridized carbons (Fsp3) is 0.771. The van der Waals surface area contributed by atoms with Gasteiger partial charge in [0.05, 0.1) is 13.1 Å². The predicted molar refractivity (Wildman–Crippen MR) is 169 cm³/mol. The zero-order valence-electron chi connectivity index (χ0n) is 25.9. The van der Waals surface area contributed by atoms with Crippen molar-refractivity contribution >= 4 is 11.7 Å². The Labute approximate surface area is 242 Å². The molecule has 1 amide bonds. The van der Waals surface area contributed by atoms with Crippen molar-refractivity contribution in [2.75, 3.05) is 26.2 Å². The highest BCUT2D eigenvalue weighted by atomic mass is 16.1. The predicted octanol–water partition coefficient (Wildman–Crippen LogP) is 9.37. The van der Waals surface area contributed by atoms with Crippen LogP contribution in [0.3, 0.4) is 0 Å². The molecule has 4 heteroatoms. The summed E-state index contributed by atoms with van der Waals surface area (Å²) in [5.41, 5.74) is 1.38. The summed E-state index contributed by atoms with van der Waals surface area (Å²) in [5.74, 6) is 1.60. The van der Waals surface area contributed by atoms with Crippen LogP contribution in [0.4, 0.5) is 0 Å². The van der Waals surface area contributed by atoms with Gasteiger partial charge in [0.2, 0.25) is 5.91 Å². The summed E-state index contributed by atoms with van der Waals surface area (Å²) in [4.78, 5) is 17.6. The molecule has 0 saturated carbocycles. The normalized spacial score (nSPS) is 16.9. The minimum absolute atomic E-state index is 0.229. The molecule has 1 heterocycles. The molecule has 1 aliphatic rings. The smallest absolute Gasteiger partial charge is 0.220 e. The van der Waals surface area contributed by atoms with E-state index in [4.69, 9.17) is 4.99 Å². The fourth-order valence-corrected chi connectivity index (χ4v) is 6.08. The molecule has 0 aromatic heterocycles.